The molecule has 0 N–H and O–H groups in total. The third-order valence-electron chi connectivity index (χ3n) is 1.70. The Morgan fingerprint density at radius 3 is 2.31 bits per heavy atom. The second-order valence-electron chi connectivity index (χ2n) is 3.14. The van der Waals surface area contributed by atoms with Gasteiger partial charge in [0.15, 0.2) is 0 Å². The summed E-state index contributed by atoms with van der Waals surface area (Å²) in [5.74, 6) is 0.144. The van der Waals surface area contributed by atoms with Gasteiger partial charge in [0.05, 0.1) is 18.5 Å². The Hall–Kier alpha value is -0.130. The van der Waals surface area contributed by atoms with Gasteiger partial charge in [-0.15, -0.1) is 0 Å². The highest BCUT2D eigenvalue weighted by molar-refractivity contribution is 7.89. The third kappa shape index (κ3) is 5.23. The monoisotopic (exact) mass is 209 g/mol. The van der Waals surface area contributed by atoms with Crippen molar-refractivity contribution in [2.45, 2.75) is 26.9 Å². The quantitative estimate of drug-likeness (QED) is 0.646. The topological polar surface area (TPSA) is 46.6 Å². The molecule has 4 nitrogen and oxygen atoms in total. The Morgan fingerprint density at radius 1 is 1.38 bits per heavy atom. The molecule has 0 spiro atoms. The summed E-state index contributed by atoms with van der Waals surface area (Å²) in [6.07, 6.45) is 0.151. The molecular weight excluding hydrogens is 190 g/mol. The van der Waals surface area contributed by atoms with Crippen LogP contribution in [0.15, 0.2) is 0 Å². The predicted molar refractivity (Wildman–Crippen MR) is 53.2 cm³/mol. The first-order valence-electron chi connectivity index (χ1n) is 4.45. The second kappa shape index (κ2) is 5.57. The van der Waals surface area contributed by atoms with Gasteiger partial charge < -0.3 is 4.74 Å². The molecule has 0 aromatic heterocycles. The van der Waals surface area contributed by atoms with Crippen molar-refractivity contribution in [3.63, 3.8) is 0 Å². The summed E-state index contributed by atoms with van der Waals surface area (Å²) in [5, 5.41) is 0. The maximum absolute atomic E-state index is 11.2. The summed E-state index contributed by atoms with van der Waals surface area (Å²) >= 11 is 0. The minimum absolute atomic E-state index is 0.144. The van der Waals surface area contributed by atoms with E-state index in [4.69, 9.17) is 4.74 Å². The number of likely N-dealkylation sites (N-methyl/N-ethyl adjacent to an activating group) is 1. The summed E-state index contributed by atoms with van der Waals surface area (Å²) in [7, 11) is -1.47. The summed E-state index contributed by atoms with van der Waals surface area (Å²) in [6, 6.07) is 0. The van der Waals surface area contributed by atoms with Crippen LogP contribution < -0.4 is 0 Å². The van der Waals surface area contributed by atoms with Crippen LogP contribution >= 0.6 is 0 Å². The van der Waals surface area contributed by atoms with Gasteiger partial charge in [0.25, 0.3) is 0 Å². The largest absolute Gasteiger partial charge is 0.377 e. The van der Waals surface area contributed by atoms with Crippen molar-refractivity contribution in [3.05, 3.63) is 0 Å². The van der Waals surface area contributed by atoms with Crippen molar-refractivity contribution in [1.29, 1.82) is 0 Å². The third-order valence-corrected chi connectivity index (χ3v) is 3.56. The molecule has 0 bridgehead atoms. The molecule has 0 aliphatic heterocycles. The fraction of sp³-hybridized carbons (Fsp3) is 1.00. The van der Waals surface area contributed by atoms with Crippen molar-refractivity contribution in [2.24, 2.45) is 0 Å². The van der Waals surface area contributed by atoms with Gasteiger partial charge in [-0.05, 0) is 20.8 Å². The lowest BCUT2D eigenvalue weighted by Crippen LogP contribution is -2.31. The van der Waals surface area contributed by atoms with Gasteiger partial charge in [-0.3, -0.25) is 0 Å². The van der Waals surface area contributed by atoms with E-state index in [0.29, 0.717) is 13.2 Å². The molecule has 0 atom stereocenters. The van der Waals surface area contributed by atoms with Gasteiger partial charge in [0.1, 0.15) is 0 Å². The van der Waals surface area contributed by atoms with Gasteiger partial charge in [-0.25, -0.2) is 12.7 Å². The Bertz CT molecular complexity index is 224. The molecular formula is C8H19NO3S. The molecule has 0 fully saturated rings. The van der Waals surface area contributed by atoms with E-state index in [1.807, 2.05) is 13.8 Å². The summed E-state index contributed by atoms with van der Waals surface area (Å²) < 4.78 is 29.1. The van der Waals surface area contributed by atoms with Crippen LogP contribution in [0.5, 0.6) is 0 Å². The first-order chi connectivity index (χ1) is 5.90. The maximum atomic E-state index is 11.2. The zero-order valence-corrected chi connectivity index (χ0v) is 9.60. The standard InChI is InChI=1S/C8H19NO3S/c1-5-13(10,11)9(4)6-7-12-8(2)3/h8H,5-7H2,1-4H3. The van der Waals surface area contributed by atoms with E-state index in [9.17, 15) is 8.42 Å². The molecule has 0 rings (SSSR count). The minimum Gasteiger partial charge on any atom is -0.377 e. The van der Waals surface area contributed by atoms with Crippen LogP contribution in [0.25, 0.3) is 0 Å². The molecule has 0 heterocycles. The van der Waals surface area contributed by atoms with Gasteiger partial charge in [0.2, 0.25) is 10.0 Å². The van der Waals surface area contributed by atoms with E-state index in [2.05, 4.69) is 0 Å². The lowest BCUT2D eigenvalue weighted by Gasteiger charge is -2.16. The number of hydrogen-bond acceptors (Lipinski definition) is 3. The van der Waals surface area contributed by atoms with E-state index >= 15 is 0 Å². The van der Waals surface area contributed by atoms with E-state index in [1.54, 1.807) is 14.0 Å². The van der Waals surface area contributed by atoms with Crippen molar-refractivity contribution in [3.8, 4) is 0 Å². The number of rotatable bonds is 6. The number of nitrogens with zero attached hydrogens (tertiary/aromatic N) is 1. The minimum atomic E-state index is -3.04. The molecule has 0 saturated carbocycles. The molecule has 0 radical (unpaired) electrons. The average molecular weight is 209 g/mol. The van der Waals surface area contributed by atoms with Crippen molar-refractivity contribution >= 4 is 10.0 Å². The lowest BCUT2D eigenvalue weighted by atomic mass is 10.5. The fourth-order valence-corrected chi connectivity index (χ4v) is 1.57. The Labute approximate surface area is 80.9 Å². The first kappa shape index (κ1) is 12.9. The number of hydrogen-bond donors (Lipinski definition) is 0. The molecule has 0 saturated heterocycles. The number of sulfonamides is 1. The summed E-state index contributed by atoms with van der Waals surface area (Å²) in [4.78, 5) is 0. The molecule has 0 amide bonds. The van der Waals surface area contributed by atoms with Crippen LogP contribution in [0.1, 0.15) is 20.8 Å². The van der Waals surface area contributed by atoms with Crippen LogP contribution in [0.2, 0.25) is 0 Å². The van der Waals surface area contributed by atoms with E-state index < -0.39 is 10.0 Å². The molecule has 0 aliphatic rings. The van der Waals surface area contributed by atoms with Gasteiger partial charge in [0, 0.05) is 13.6 Å². The van der Waals surface area contributed by atoms with Crippen LogP contribution in [-0.2, 0) is 14.8 Å². The summed E-state index contributed by atoms with van der Waals surface area (Å²) in [6.45, 7) is 6.36. The Balaban J connectivity index is 3.82. The van der Waals surface area contributed by atoms with Gasteiger partial charge in [-0.2, -0.15) is 0 Å². The highest BCUT2D eigenvalue weighted by atomic mass is 32.2. The first-order valence-corrected chi connectivity index (χ1v) is 6.06. The van der Waals surface area contributed by atoms with Crippen LogP contribution in [0.3, 0.4) is 0 Å². The molecule has 13 heavy (non-hydrogen) atoms. The maximum Gasteiger partial charge on any atom is 0.213 e. The van der Waals surface area contributed by atoms with E-state index in [0.717, 1.165) is 0 Å². The molecule has 0 aliphatic carbocycles. The zero-order chi connectivity index (χ0) is 10.5. The second-order valence-corrected chi connectivity index (χ2v) is 5.51. The lowest BCUT2D eigenvalue weighted by molar-refractivity contribution is 0.0737. The summed E-state index contributed by atoms with van der Waals surface area (Å²) in [5.41, 5.74) is 0. The van der Waals surface area contributed by atoms with Gasteiger partial charge in [-0.1, -0.05) is 0 Å². The van der Waals surface area contributed by atoms with E-state index in [-0.39, 0.29) is 11.9 Å². The molecule has 0 aromatic rings. The van der Waals surface area contributed by atoms with Crippen molar-refractivity contribution in [1.82, 2.24) is 4.31 Å². The smallest absolute Gasteiger partial charge is 0.213 e. The normalized spacial score (nSPS) is 12.8. The molecule has 0 aromatic carbocycles. The highest BCUT2D eigenvalue weighted by Crippen LogP contribution is 1.97. The molecule has 80 valence electrons. The van der Waals surface area contributed by atoms with Gasteiger partial charge >= 0.3 is 0 Å². The SMILES string of the molecule is CCS(=O)(=O)N(C)CCOC(C)C. The molecule has 5 heteroatoms. The zero-order valence-electron chi connectivity index (χ0n) is 8.78. The van der Waals surface area contributed by atoms with Crippen LogP contribution in [0, 0.1) is 0 Å². The van der Waals surface area contributed by atoms with E-state index in [1.165, 1.54) is 4.31 Å². The average Bonchev–Trinajstić information content (AvgIpc) is 2.03. The Kier molecular flexibility index (Phi) is 5.51. The van der Waals surface area contributed by atoms with Crippen LogP contribution in [0.4, 0.5) is 0 Å². The Morgan fingerprint density at radius 2 is 1.92 bits per heavy atom. The van der Waals surface area contributed by atoms with Crippen molar-refractivity contribution < 1.29 is 13.2 Å². The van der Waals surface area contributed by atoms with Crippen molar-refractivity contribution in [2.75, 3.05) is 26.0 Å². The molecule has 0 unspecified atom stereocenters. The highest BCUT2D eigenvalue weighted by Gasteiger charge is 2.14. The van der Waals surface area contributed by atoms with Crippen LogP contribution in [-0.4, -0.2) is 44.8 Å². The predicted octanol–water partition coefficient (Wildman–Crippen LogP) is 0.693. The number of ether oxygens (including phenoxy) is 1. The fourth-order valence-electron chi connectivity index (χ4n) is 0.776.